The van der Waals surface area contributed by atoms with Gasteiger partial charge in [-0.05, 0) is 13.8 Å². The summed E-state index contributed by atoms with van der Waals surface area (Å²) in [5.74, 6) is 1.37. The molecular weight excluding hydrogens is 228 g/mol. The van der Waals surface area contributed by atoms with Gasteiger partial charge in [0.1, 0.15) is 0 Å². The van der Waals surface area contributed by atoms with E-state index in [1.54, 1.807) is 12.3 Å². The summed E-state index contributed by atoms with van der Waals surface area (Å²) in [6.07, 6.45) is 1.74. The molecular formula is C13H24N4O. The van der Waals surface area contributed by atoms with E-state index < -0.39 is 0 Å². The van der Waals surface area contributed by atoms with Crippen molar-refractivity contribution in [3.63, 3.8) is 0 Å². The Morgan fingerprint density at radius 3 is 2.78 bits per heavy atom. The summed E-state index contributed by atoms with van der Waals surface area (Å²) < 4.78 is 5.39. The average molecular weight is 252 g/mol. The first-order valence-corrected chi connectivity index (χ1v) is 6.61. The molecule has 18 heavy (non-hydrogen) atoms. The van der Waals surface area contributed by atoms with E-state index in [0.717, 1.165) is 25.6 Å². The first-order chi connectivity index (χ1) is 8.67. The van der Waals surface area contributed by atoms with Crippen molar-refractivity contribution in [2.45, 2.75) is 33.7 Å². The lowest BCUT2D eigenvalue weighted by atomic mass is 10.4. The molecule has 0 bridgehead atoms. The molecule has 0 spiro atoms. The molecule has 1 N–H and O–H groups in total. The largest absolute Gasteiger partial charge is 0.478 e. The predicted molar refractivity (Wildman–Crippen MR) is 74.2 cm³/mol. The van der Waals surface area contributed by atoms with E-state index in [1.165, 1.54) is 0 Å². The molecule has 0 aromatic carbocycles. The molecule has 0 amide bonds. The van der Waals surface area contributed by atoms with Crippen LogP contribution < -0.4 is 15.0 Å². The molecule has 0 aliphatic heterocycles. The second-order valence-corrected chi connectivity index (χ2v) is 4.32. The standard InChI is InChI=1S/C13H24N4O/c1-5-17(10-9-14-11(3)4)13-15-8-7-12(16-13)18-6-2/h7-8,11,14H,5-6,9-10H2,1-4H3. The minimum absolute atomic E-state index is 0.499. The normalized spacial score (nSPS) is 10.7. The third-order valence-electron chi connectivity index (χ3n) is 2.51. The molecule has 0 aliphatic rings. The van der Waals surface area contributed by atoms with Crippen molar-refractivity contribution in [2.75, 3.05) is 31.1 Å². The highest BCUT2D eigenvalue weighted by atomic mass is 16.5. The van der Waals surface area contributed by atoms with Crippen LogP contribution in [0.1, 0.15) is 27.7 Å². The number of hydrogen-bond donors (Lipinski definition) is 1. The lowest BCUT2D eigenvalue weighted by Gasteiger charge is -2.21. The van der Waals surface area contributed by atoms with Crippen LogP contribution in [0.3, 0.4) is 0 Å². The number of nitrogens with zero attached hydrogens (tertiary/aromatic N) is 3. The van der Waals surface area contributed by atoms with Crippen molar-refractivity contribution in [2.24, 2.45) is 0 Å². The second kappa shape index (κ2) is 7.87. The predicted octanol–water partition coefficient (Wildman–Crippen LogP) is 1.70. The van der Waals surface area contributed by atoms with Crippen LogP contribution in [-0.4, -0.2) is 42.3 Å². The topological polar surface area (TPSA) is 50.3 Å². The summed E-state index contributed by atoms with van der Waals surface area (Å²) in [6.45, 7) is 11.7. The van der Waals surface area contributed by atoms with Crippen LogP contribution in [0.5, 0.6) is 5.88 Å². The SMILES string of the molecule is CCOc1ccnc(N(CC)CCNC(C)C)n1. The highest BCUT2D eigenvalue weighted by Crippen LogP contribution is 2.12. The van der Waals surface area contributed by atoms with Crippen LogP contribution in [0.4, 0.5) is 5.95 Å². The molecule has 0 saturated carbocycles. The van der Waals surface area contributed by atoms with Crippen LogP contribution in [-0.2, 0) is 0 Å². The van der Waals surface area contributed by atoms with Gasteiger partial charge in [-0.2, -0.15) is 4.98 Å². The van der Waals surface area contributed by atoms with Gasteiger partial charge in [-0.1, -0.05) is 13.8 Å². The summed E-state index contributed by atoms with van der Waals surface area (Å²) in [7, 11) is 0. The van der Waals surface area contributed by atoms with E-state index >= 15 is 0 Å². The van der Waals surface area contributed by atoms with Crippen molar-refractivity contribution in [1.29, 1.82) is 0 Å². The molecule has 1 aromatic heterocycles. The van der Waals surface area contributed by atoms with Gasteiger partial charge in [-0.3, -0.25) is 0 Å². The molecule has 0 radical (unpaired) electrons. The third-order valence-corrected chi connectivity index (χ3v) is 2.51. The maximum Gasteiger partial charge on any atom is 0.228 e. The fourth-order valence-electron chi connectivity index (χ4n) is 1.60. The van der Waals surface area contributed by atoms with Crippen LogP contribution in [0.15, 0.2) is 12.3 Å². The molecule has 0 atom stereocenters. The smallest absolute Gasteiger partial charge is 0.228 e. The fourth-order valence-corrected chi connectivity index (χ4v) is 1.60. The Kier molecular flexibility index (Phi) is 6.43. The summed E-state index contributed by atoms with van der Waals surface area (Å²) >= 11 is 0. The Hall–Kier alpha value is -1.36. The third kappa shape index (κ3) is 4.87. The molecule has 0 unspecified atom stereocenters. The molecule has 1 aromatic rings. The van der Waals surface area contributed by atoms with E-state index in [1.807, 2.05) is 6.92 Å². The Morgan fingerprint density at radius 1 is 1.39 bits per heavy atom. The minimum Gasteiger partial charge on any atom is -0.478 e. The molecule has 5 heteroatoms. The highest BCUT2D eigenvalue weighted by Gasteiger charge is 2.08. The van der Waals surface area contributed by atoms with E-state index in [9.17, 15) is 0 Å². The molecule has 0 aliphatic carbocycles. The zero-order chi connectivity index (χ0) is 13.4. The number of hydrogen-bond acceptors (Lipinski definition) is 5. The maximum absolute atomic E-state index is 5.39. The average Bonchev–Trinajstić information content (AvgIpc) is 2.35. The van der Waals surface area contributed by atoms with Crippen molar-refractivity contribution >= 4 is 5.95 Å². The molecule has 0 fully saturated rings. The number of anilines is 1. The van der Waals surface area contributed by atoms with Crippen LogP contribution in [0, 0.1) is 0 Å². The zero-order valence-corrected chi connectivity index (χ0v) is 11.8. The van der Waals surface area contributed by atoms with Gasteiger partial charge >= 0.3 is 0 Å². The molecule has 1 heterocycles. The van der Waals surface area contributed by atoms with E-state index in [2.05, 4.69) is 41.0 Å². The Morgan fingerprint density at radius 2 is 2.17 bits per heavy atom. The number of rotatable bonds is 8. The van der Waals surface area contributed by atoms with Gasteiger partial charge in [-0.25, -0.2) is 4.98 Å². The summed E-state index contributed by atoms with van der Waals surface area (Å²) in [5.41, 5.74) is 0. The number of nitrogens with one attached hydrogen (secondary N) is 1. The van der Waals surface area contributed by atoms with Crippen molar-refractivity contribution in [3.05, 3.63) is 12.3 Å². The van der Waals surface area contributed by atoms with Crippen molar-refractivity contribution in [3.8, 4) is 5.88 Å². The summed E-state index contributed by atoms with van der Waals surface area (Å²) in [5, 5.41) is 3.39. The molecule has 1 rings (SSSR count). The van der Waals surface area contributed by atoms with E-state index in [4.69, 9.17) is 4.74 Å². The monoisotopic (exact) mass is 252 g/mol. The molecule has 5 nitrogen and oxygen atoms in total. The first kappa shape index (κ1) is 14.7. The van der Waals surface area contributed by atoms with Gasteiger partial charge in [0.25, 0.3) is 0 Å². The minimum atomic E-state index is 0.499. The second-order valence-electron chi connectivity index (χ2n) is 4.32. The number of ether oxygens (including phenoxy) is 1. The maximum atomic E-state index is 5.39. The van der Waals surface area contributed by atoms with Crippen LogP contribution >= 0.6 is 0 Å². The first-order valence-electron chi connectivity index (χ1n) is 6.61. The lowest BCUT2D eigenvalue weighted by molar-refractivity contribution is 0.326. The van der Waals surface area contributed by atoms with E-state index in [-0.39, 0.29) is 0 Å². The Bertz CT molecular complexity index is 344. The Labute approximate surface area is 110 Å². The van der Waals surface area contributed by atoms with Gasteiger partial charge in [0, 0.05) is 37.9 Å². The van der Waals surface area contributed by atoms with Crippen molar-refractivity contribution < 1.29 is 4.74 Å². The van der Waals surface area contributed by atoms with Crippen LogP contribution in [0.25, 0.3) is 0 Å². The van der Waals surface area contributed by atoms with E-state index in [0.29, 0.717) is 18.5 Å². The lowest BCUT2D eigenvalue weighted by Crippen LogP contribution is -2.35. The van der Waals surface area contributed by atoms with Gasteiger partial charge in [0.15, 0.2) is 0 Å². The summed E-state index contributed by atoms with van der Waals surface area (Å²) in [6, 6.07) is 2.28. The number of likely N-dealkylation sites (N-methyl/N-ethyl adjacent to an activating group) is 1. The van der Waals surface area contributed by atoms with Crippen LogP contribution in [0.2, 0.25) is 0 Å². The molecule has 0 saturated heterocycles. The summed E-state index contributed by atoms with van der Waals surface area (Å²) in [4.78, 5) is 10.8. The number of aromatic nitrogens is 2. The van der Waals surface area contributed by atoms with Crippen molar-refractivity contribution in [1.82, 2.24) is 15.3 Å². The molecule has 102 valence electrons. The van der Waals surface area contributed by atoms with Gasteiger partial charge in [0.2, 0.25) is 11.8 Å². The van der Waals surface area contributed by atoms with Gasteiger partial charge in [-0.15, -0.1) is 0 Å². The zero-order valence-electron chi connectivity index (χ0n) is 11.8. The highest BCUT2D eigenvalue weighted by molar-refractivity contribution is 5.31. The van der Waals surface area contributed by atoms with Gasteiger partial charge in [0.05, 0.1) is 6.61 Å². The quantitative estimate of drug-likeness (QED) is 0.763. The van der Waals surface area contributed by atoms with Gasteiger partial charge < -0.3 is 15.0 Å². The Balaban J connectivity index is 2.60. The fraction of sp³-hybridized carbons (Fsp3) is 0.692.